The maximum absolute atomic E-state index is 12.9. The summed E-state index contributed by atoms with van der Waals surface area (Å²) < 4.78 is 38.0. The molecule has 0 bridgehead atoms. The second kappa shape index (κ2) is 7.96. The SMILES string of the molecule is C[C@@H]1CCCCN1S(=O)(=O)c1ccc(C(=O)OCc2nc3ccccc3o2)cc1. The lowest BCUT2D eigenvalue weighted by molar-refractivity contribution is 0.0440. The van der Waals surface area contributed by atoms with Crippen molar-refractivity contribution in [2.24, 2.45) is 0 Å². The Hall–Kier alpha value is -2.71. The number of sulfonamides is 1. The van der Waals surface area contributed by atoms with Crippen molar-refractivity contribution >= 4 is 27.1 Å². The minimum Gasteiger partial charge on any atom is -0.452 e. The number of oxazole rings is 1. The van der Waals surface area contributed by atoms with Crippen LogP contribution in [0.2, 0.25) is 0 Å². The average Bonchev–Trinajstić information content (AvgIpc) is 3.15. The molecule has 1 atom stereocenters. The summed E-state index contributed by atoms with van der Waals surface area (Å²) in [5.74, 6) is -0.264. The molecule has 1 aliphatic rings. The Morgan fingerprint density at radius 2 is 1.93 bits per heavy atom. The Balaban J connectivity index is 1.43. The van der Waals surface area contributed by atoms with Crippen LogP contribution in [0.1, 0.15) is 42.4 Å². The van der Waals surface area contributed by atoms with Crippen molar-refractivity contribution in [3.8, 4) is 0 Å². The highest BCUT2D eigenvalue weighted by molar-refractivity contribution is 7.89. The standard InChI is InChI=1S/C21H22N2O5S/c1-15-6-4-5-13-23(15)29(25,26)17-11-9-16(10-12-17)21(24)27-14-20-22-18-7-2-3-8-19(18)28-20/h2-3,7-12,15H,4-6,13-14H2,1H3/t15-/m1/s1. The first kappa shape index (κ1) is 19.6. The predicted molar refractivity (Wildman–Crippen MR) is 107 cm³/mol. The largest absolute Gasteiger partial charge is 0.452 e. The van der Waals surface area contributed by atoms with Crippen LogP contribution in [0.3, 0.4) is 0 Å². The zero-order valence-electron chi connectivity index (χ0n) is 16.1. The van der Waals surface area contributed by atoms with Crippen LogP contribution < -0.4 is 0 Å². The first-order valence-corrected chi connectivity index (χ1v) is 11.0. The summed E-state index contributed by atoms with van der Waals surface area (Å²) in [6.07, 6.45) is 2.77. The summed E-state index contributed by atoms with van der Waals surface area (Å²) in [7, 11) is -3.57. The molecule has 1 aromatic heterocycles. The van der Waals surface area contributed by atoms with Crippen molar-refractivity contribution in [1.82, 2.24) is 9.29 Å². The Morgan fingerprint density at radius 3 is 2.66 bits per heavy atom. The van der Waals surface area contributed by atoms with E-state index in [1.54, 1.807) is 6.07 Å². The molecule has 0 N–H and O–H groups in total. The molecule has 0 saturated carbocycles. The number of ether oxygens (including phenoxy) is 1. The minimum atomic E-state index is -3.57. The van der Waals surface area contributed by atoms with Gasteiger partial charge in [-0.2, -0.15) is 4.31 Å². The van der Waals surface area contributed by atoms with E-state index in [-0.39, 0.29) is 23.1 Å². The van der Waals surface area contributed by atoms with Gasteiger partial charge in [0.1, 0.15) is 5.52 Å². The molecular weight excluding hydrogens is 392 g/mol. The van der Waals surface area contributed by atoms with Gasteiger partial charge in [-0.05, 0) is 56.2 Å². The lowest BCUT2D eigenvalue weighted by Gasteiger charge is -2.32. The quantitative estimate of drug-likeness (QED) is 0.591. The van der Waals surface area contributed by atoms with E-state index in [4.69, 9.17) is 9.15 Å². The number of benzene rings is 2. The molecule has 8 heteroatoms. The minimum absolute atomic E-state index is 0.0188. The Bertz CT molecular complexity index is 1090. The molecule has 29 heavy (non-hydrogen) atoms. The van der Waals surface area contributed by atoms with Gasteiger partial charge in [0.15, 0.2) is 12.2 Å². The number of rotatable bonds is 5. The van der Waals surface area contributed by atoms with Crippen LogP contribution in [0.25, 0.3) is 11.1 Å². The molecular formula is C21H22N2O5S. The smallest absolute Gasteiger partial charge is 0.338 e. The summed E-state index contributed by atoms with van der Waals surface area (Å²) in [5, 5.41) is 0. The van der Waals surface area contributed by atoms with Gasteiger partial charge in [0, 0.05) is 12.6 Å². The molecule has 1 fully saturated rings. The Labute approximate surface area is 169 Å². The van der Waals surface area contributed by atoms with Crippen LogP contribution in [0.5, 0.6) is 0 Å². The fraction of sp³-hybridized carbons (Fsp3) is 0.333. The highest BCUT2D eigenvalue weighted by Crippen LogP contribution is 2.25. The predicted octanol–water partition coefficient (Wildman–Crippen LogP) is 3.75. The molecule has 0 amide bonds. The maximum atomic E-state index is 12.9. The van der Waals surface area contributed by atoms with Gasteiger partial charge >= 0.3 is 5.97 Å². The summed E-state index contributed by atoms with van der Waals surface area (Å²) in [4.78, 5) is 16.7. The lowest BCUT2D eigenvalue weighted by Crippen LogP contribution is -2.41. The van der Waals surface area contributed by atoms with E-state index in [1.807, 2.05) is 25.1 Å². The molecule has 0 spiro atoms. The van der Waals surface area contributed by atoms with Gasteiger partial charge in [-0.1, -0.05) is 18.6 Å². The van der Waals surface area contributed by atoms with Crippen molar-refractivity contribution in [2.75, 3.05) is 6.54 Å². The van der Waals surface area contributed by atoms with Crippen LogP contribution in [-0.2, 0) is 21.4 Å². The molecule has 1 aliphatic heterocycles. The molecule has 0 aliphatic carbocycles. The lowest BCUT2D eigenvalue weighted by atomic mass is 10.1. The van der Waals surface area contributed by atoms with Crippen LogP contribution in [-0.4, -0.2) is 36.3 Å². The van der Waals surface area contributed by atoms with Gasteiger partial charge < -0.3 is 9.15 Å². The van der Waals surface area contributed by atoms with Gasteiger partial charge in [-0.25, -0.2) is 18.2 Å². The van der Waals surface area contributed by atoms with E-state index in [9.17, 15) is 13.2 Å². The number of piperidine rings is 1. The van der Waals surface area contributed by atoms with Gasteiger partial charge in [0.05, 0.1) is 10.5 Å². The van der Waals surface area contributed by atoms with E-state index >= 15 is 0 Å². The van der Waals surface area contributed by atoms with Crippen molar-refractivity contribution in [1.29, 1.82) is 0 Å². The zero-order chi connectivity index (χ0) is 20.4. The summed E-state index contributed by atoms with van der Waals surface area (Å²) >= 11 is 0. The van der Waals surface area contributed by atoms with Gasteiger partial charge in [-0.15, -0.1) is 0 Å². The zero-order valence-corrected chi connectivity index (χ0v) is 16.9. The third-order valence-electron chi connectivity index (χ3n) is 5.10. The number of carbonyl (C=O) groups is 1. The van der Waals surface area contributed by atoms with Crippen molar-refractivity contribution in [3.63, 3.8) is 0 Å². The van der Waals surface area contributed by atoms with Gasteiger partial charge in [0.2, 0.25) is 15.9 Å². The topological polar surface area (TPSA) is 89.7 Å². The number of nitrogens with zero attached hydrogens (tertiary/aromatic N) is 2. The molecule has 152 valence electrons. The van der Waals surface area contributed by atoms with Crippen molar-refractivity contribution < 1.29 is 22.4 Å². The fourth-order valence-electron chi connectivity index (χ4n) is 3.52. The van der Waals surface area contributed by atoms with Crippen LogP contribution in [0.4, 0.5) is 0 Å². The number of aromatic nitrogens is 1. The maximum Gasteiger partial charge on any atom is 0.338 e. The van der Waals surface area contributed by atoms with Crippen LogP contribution in [0.15, 0.2) is 57.8 Å². The van der Waals surface area contributed by atoms with Crippen LogP contribution in [0, 0.1) is 0 Å². The van der Waals surface area contributed by atoms with E-state index in [0.29, 0.717) is 23.5 Å². The van der Waals surface area contributed by atoms with Crippen LogP contribution >= 0.6 is 0 Å². The first-order valence-electron chi connectivity index (χ1n) is 9.58. The van der Waals surface area contributed by atoms with E-state index in [2.05, 4.69) is 4.98 Å². The van der Waals surface area contributed by atoms with E-state index in [1.165, 1.54) is 28.6 Å². The van der Waals surface area contributed by atoms with E-state index < -0.39 is 16.0 Å². The second-order valence-corrected chi connectivity index (χ2v) is 9.03. The second-order valence-electron chi connectivity index (χ2n) is 7.14. The number of hydrogen-bond donors (Lipinski definition) is 0. The summed E-state index contributed by atoms with van der Waals surface area (Å²) in [5.41, 5.74) is 1.59. The van der Waals surface area contributed by atoms with E-state index in [0.717, 1.165) is 19.3 Å². The molecule has 7 nitrogen and oxygen atoms in total. The molecule has 2 aromatic carbocycles. The number of para-hydroxylation sites is 2. The number of esters is 1. The number of fused-ring (bicyclic) bond motifs is 1. The number of carbonyl (C=O) groups excluding carboxylic acids is 1. The highest BCUT2D eigenvalue weighted by Gasteiger charge is 2.31. The third kappa shape index (κ3) is 4.04. The highest BCUT2D eigenvalue weighted by atomic mass is 32.2. The fourth-order valence-corrected chi connectivity index (χ4v) is 5.22. The molecule has 4 rings (SSSR count). The number of hydrogen-bond acceptors (Lipinski definition) is 6. The summed E-state index contributed by atoms with van der Waals surface area (Å²) in [6.45, 7) is 2.35. The Morgan fingerprint density at radius 1 is 1.17 bits per heavy atom. The summed E-state index contributed by atoms with van der Waals surface area (Å²) in [6, 6.07) is 13.1. The van der Waals surface area contributed by atoms with Crippen molar-refractivity contribution in [2.45, 2.75) is 43.7 Å². The molecule has 1 saturated heterocycles. The normalized spacial score (nSPS) is 18.0. The molecule has 3 aromatic rings. The first-order chi connectivity index (χ1) is 13.9. The average molecular weight is 414 g/mol. The molecule has 2 heterocycles. The molecule has 0 unspecified atom stereocenters. The van der Waals surface area contributed by atoms with Crippen molar-refractivity contribution in [3.05, 3.63) is 60.0 Å². The monoisotopic (exact) mass is 414 g/mol. The Kier molecular flexibility index (Phi) is 5.38. The molecule has 0 radical (unpaired) electrons. The van der Waals surface area contributed by atoms with Gasteiger partial charge in [-0.3, -0.25) is 0 Å². The third-order valence-corrected chi connectivity index (χ3v) is 7.13. The van der Waals surface area contributed by atoms with Gasteiger partial charge in [0.25, 0.3) is 0 Å².